The number of benzene rings is 1. The number of likely N-dealkylation sites (tertiary alicyclic amines) is 1. The molecule has 0 spiro atoms. The lowest BCUT2D eigenvalue weighted by molar-refractivity contribution is 0.00274. The van der Waals surface area contributed by atoms with Gasteiger partial charge in [0.2, 0.25) is 0 Å². The molecule has 1 saturated heterocycles. The Labute approximate surface area is 140 Å². The molecule has 1 aromatic carbocycles. The zero-order valence-electron chi connectivity index (χ0n) is 24.0. The molecule has 2 nitrogen and oxygen atoms in total. The van der Waals surface area contributed by atoms with Gasteiger partial charge in [0.1, 0.15) is 5.75 Å². The molecule has 3 atom stereocenters. The van der Waals surface area contributed by atoms with Gasteiger partial charge in [0.05, 0.1) is 11.2 Å². The average molecular weight is 284 g/mol. The molecule has 1 heterocycles. The Morgan fingerprint density at radius 3 is 3.40 bits per heavy atom. The largest absolute Gasteiger partial charge is 0.497 e. The molecular formula is C18H25NO. The molecular weight excluding hydrogens is 246 g/mol. The van der Waals surface area contributed by atoms with Crippen LogP contribution in [-0.4, -0.2) is 31.4 Å². The zero-order chi connectivity index (χ0) is 25.0. The number of nitrogens with zero attached hydrogens (tertiary/aromatic N) is 1. The highest BCUT2D eigenvalue weighted by Gasteiger charge is 2.53. The molecule has 0 aromatic heterocycles. The van der Waals surface area contributed by atoms with Gasteiger partial charge in [0.15, 0.2) is 0 Å². The summed E-state index contributed by atoms with van der Waals surface area (Å²) in [7, 11) is -2.82. The maximum atomic E-state index is 9.31. The molecule has 1 aromatic rings. The highest BCUT2D eigenvalue weighted by atomic mass is 16.5. The van der Waals surface area contributed by atoms with Crippen molar-refractivity contribution in [1.82, 2.24) is 4.90 Å². The molecule has 2 aliphatic carbocycles. The van der Waals surface area contributed by atoms with E-state index in [0.717, 1.165) is 0 Å². The topological polar surface area (TPSA) is 12.5 Å². The Hall–Kier alpha value is -1.02. The standard InChI is InChI=1S/C18H25NO/c1-19-10-9-18-8-4-3-5-15(18)17(19)11-13-6-7-14(20-2)12-16(13)18/h6-7,12,15,17H,3-5,8-11H2,1-2H3/t15?,17-,18-/m0/s1/i1D3,2D3,9D2,10D2,11D2,17D. The van der Waals surface area contributed by atoms with Crippen LogP contribution in [0.2, 0.25) is 0 Å². The number of fused-ring (bicyclic) bond motifs is 1. The first-order valence-electron chi connectivity index (χ1n) is 13.4. The van der Waals surface area contributed by atoms with Gasteiger partial charge in [-0.2, -0.15) is 0 Å². The third-order valence-electron chi connectivity index (χ3n) is 4.72. The van der Waals surface area contributed by atoms with Crippen LogP contribution in [0, 0.1) is 5.92 Å². The van der Waals surface area contributed by atoms with Gasteiger partial charge in [-0.25, -0.2) is 0 Å². The molecule has 2 bridgehead atoms. The Balaban J connectivity index is 2.13. The van der Waals surface area contributed by atoms with Crippen LogP contribution in [0.5, 0.6) is 5.75 Å². The molecule has 1 saturated carbocycles. The highest BCUT2D eigenvalue weighted by molar-refractivity contribution is 5.45. The van der Waals surface area contributed by atoms with Crippen LogP contribution >= 0.6 is 0 Å². The van der Waals surface area contributed by atoms with Gasteiger partial charge in [0.25, 0.3) is 0 Å². The van der Waals surface area contributed by atoms with Crippen molar-refractivity contribution in [3.8, 4) is 5.75 Å². The summed E-state index contributed by atoms with van der Waals surface area (Å²) in [5, 5.41) is 0. The van der Waals surface area contributed by atoms with E-state index in [1.165, 1.54) is 18.2 Å². The monoisotopic (exact) mass is 284 g/mol. The molecule has 2 heteroatoms. The van der Waals surface area contributed by atoms with E-state index in [0.29, 0.717) is 12.8 Å². The minimum atomic E-state index is -3.29. The predicted octanol–water partition coefficient (Wildman–Crippen LogP) is 3.38. The zero-order valence-corrected chi connectivity index (χ0v) is 11.0. The second-order valence-electron chi connectivity index (χ2n) is 5.66. The summed E-state index contributed by atoms with van der Waals surface area (Å²) in [4.78, 5) is 0.122. The number of methoxy groups -OCH3 is 1. The van der Waals surface area contributed by atoms with Gasteiger partial charge in [-0.15, -0.1) is 0 Å². The molecule has 0 radical (unpaired) electrons. The van der Waals surface area contributed by atoms with E-state index < -0.39 is 50.6 Å². The van der Waals surface area contributed by atoms with E-state index in [2.05, 4.69) is 0 Å². The third-order valence-corrected chi connectivity index (χ3v) is 4.72. The fourth-order valence-electron chi connectivity index (χ4n) is 3.80. The molecule has 0 N–H and O–H groups in total. The second kappa shape index (κ2) is 4.49. The van der Waals surface area contributed by atoms with Gasteiger partial charge in [-0.3, -0.25) is 0 Å². The highest BCUT2D eigenvalue weighted by Crippen LogP contribution is 2.55. The number of piperidine rings is 1. The van der Waals surface area contributed by atoms with Crippen molar-refractivity contribution in [2.45, 2.75) is 49.9 Å². The van der Waals surface area contributed by atoms with E-state index in [4.69, 9.17) is 21.2 Å². The summed E-state index contributed by atoms with van der Waals surface area (Å²) in [6.07, 6.45) is -4.44. The number of hydrogen-bond donors (Lipinski definition) is 0. The molecule has 3 aliphatic rings. The Bertz CT molecular complexity index is 971. The summed E-state index contributed by atoms with van der Waals surface area (Å²) in [5.41, 5.74) is -1.86. The Morgan fingerprint density at radius 1 is 1.50 bits per heavy atom. The summed E-state index contributed by atoms with van der Waals surface area (Å²) in [5.74, 6) is -1.36. The maximum Gasteiger partial charge on any atom is 0.119 e. The first-order valence-corrected chi connectivity index (χ1v) is 6.91. The van der Waals surface area contributed by atoms with Crippen LogP contribution < -0.4 is 4.74 Å². The van der Waals surface area contributed by atoms with E-state index in [1.54, 1.807) is 0 Å². The predicted molar refractivity (Wildman–Crippen MR) is 81.4 cm³/mol. The quantitative estimate of drug-likeness (QED) is 0.784. The van der Waals surface area contributed by atoms with E-state index >= 15 is 0 Å². The first kappa shape index (κ1) is 5.01. The smallest absolute Gasteiger partial charge is 0.119 e. The maximum absolute atomic E-state index is 9.31. The van der Waals surface area contributed by atoms with Crippen LogP contribution in [-0.2, 0) is 11.8 Å². The minimum absolute atomic E-state index is 0.0425. The van der Waals surface area contributed by atoms with Crippen molar-refractivity contribution in [3.63, 3.8) is 0 Å². The molecule has 20 heavy (non-hydrogen) atoms. The minimum Gasteiger partial charge on any atom is -0.497 e. The number of ether oxygens (including phenoxy) is 1. The van der Waals surface area contributed by atoms with E-state index in [9.17, 15) is 1.37 Å². The van der Waals surface area contributed by atoms with Crippen molar-refractivity contribution < 1.29 is 22.6 Å². The summed E-state index contributed by atoms with van der Waals surface area (Å²) in [6, 6.07) is 0.996. The van der Waals surface area contributed by atoms with Crippen LogP contribution in [0.1, 0.15) is 61.0 Å². The molecule has 2 fully saturated rings. The lowest BCUT2D eigenvalue weighted by atomic mass is 9.52. The lowest BCUT2D eigenvalue weighted by Gasteiger charge is -2.58. The fraction of sp³-hybridized carbons (Fsp3) is 0.667. The van der Waals surface area contributed by atoms with Gasteiger partial charge in [-0.05, 0) is 68.2 Å². The second-order valence-corrected chi connectivity index (χ2v) is 5.66. The summed E-state index contributed by atoms with van der Waals surface area (Å²) < 4.78 is 113. The summed E-state index contributed by atoms with van der Waals surface area (Å²) in [6.45, 7) is -6.53. The lowest BCUT2D eigenvalue weighted by Crippen LogP contribution is -2.59. The van der Waals surface area contributed by atoms with Crippen molar-refractivity contribution in [3.05, 3.63) is 29.3 Å². The van der Waals surface area contributed by atoms with Crippen LogP contribution in [0.4, 0.5) is 0 Å². The SMILES string of the molecule is [2H]C([2H])([2H])Oc1ccc2c(c1)[C@]13CCCCC1[C@@]([2H])(N(C([2H])([2H])[2H])C([2H])([2H])C3([2H])[2H])C2([2H])[2H]. The van der Waals surface area contributed by atoms with Crippen LogP contribution in [0.15, 0.2) is 18.2 Å². The Kier molecular flexibility index (Phi) is 1.13. The normalized spacial score (nSPS) is 58.2. The molecule has 1 unspecified atom stereocenters. The van der Waals surface area contributed by atoms with Crippen molar-refractivity contribution in [1.29, 1.82) is 0 Å². The van der Waals surface area contributed by atoms with Crippen molar-refractivity contribution >= 4 is 0 Å². The van der Waals surface area contributed by atoms with Crippen molar-refractivity contribution in [2.24, 2.45) is 5.92 Å². The number of hydrogen-bond acceptors (Lipinski definition) is 2. The molecule has 108 valence electrons. The third kappa shape index (κ3) is 1.60. The fourth-order valence-corrected chi connectivity index (χ4v) is 3.80. The molecule has 4 rings (SSSR count). The molecule has 1 aliphatic heterocycles. The van der Waals surface area contributed by atoms with Crippen LogP contribution in [0.25, 0.3) is 0 Å². The van der Waals surface area contributed by atoms with Gasteiger partial charge >= 0.3 is 0 Å². The van der Waals surface area contributed by atoms with Gasteiger partial charge in [-0.1, -0.05) is 18.9 Å². The van der Waals surface area contributed by atoms with Gasteiger partial charge < -0.3 is 9.64 Å². The first-order chi connectivity index (χ1) is 14.8. The summed E-state index contributed by atoms with van der Waals surface area (Å²) >= 11 is 0. The number of rotatable bonds is 1. The van der Waals surface area contributed by atoms with E-state index in [-0.39, 0.29) is 34.6 Å². The number of likely N-dealkylation sites (N-methyl/N-ethyl adjacent to an activating group) is 1. The van der Waals surface area contributed by atoms with Crippen LogP contribution in [0.3, 0.4) is 0 Å². The van der Waals surface area contributed by atoms with E-state index in [1.807, 2.05) is 0 Å². The molecule has 0 amide bonds. The Morgan fingerprint density at radius 2 is 2.50 bits per heavy atom. The average Bonchev–Trinajstić information content (AvgIpc) is 2.63. The van der Waals surface area contributed by atoms with Gasteiger partial charge in [0, 0.05) is 25.1 Å². The van der Waals surface area contributed by atoms with Crippen molar-refractivity contribution in [2.75, 3.05) is 20.5 Å².